The van der Waals surface area contributed by atoms with Crippen LogP contribution in [0.4, 0.5) is 5.82 Å². The molecule has 1 aromatic carbocycles. The van der Waals surface area contributed by atoms with Crippen LogP contribution in [0.25, 0.3) is 32.6 Å². The molecule has 3 heterocycles. The molecule has 0 radical (unpaired) electrons. The molecule has 102 valence electrons. The van der Waals surface area contributed by atoms with Gasteiger partial charge in [0.2, 0.25) is 0 Å². The number of hydrogen-bond donors (Lipinski definition) is 2. The predicted molar refractivity (Wildman–Crippen MR) is 82.6 cm³/mol. The van der Waals surface area contributed by atoms with E-state index in [4.69, 9.17) is 5.73 Å². The third kappa shape index (κ3) is 1.95. The van der Waals surface area contributed by atoms with Crippen LogP contribution >= 0.6 is 11.3 Å². The van der Waals surface area contributed by atoms with Gasteiger partial charge in [-0.15, -0.1) is 21.5 Å². The van der Waals surface area contributed by atoms with Crippen molar-refractivity contribution in [2.45, 2.75) is 0 Å². The first kappa shape index (κ1) is 12.0. The number of fused-ring (bicyclic) bond motifs is 1. The van der Waals surface area contributed by atoms with Gasteiger partial charge in [-0.05, 0) is 12.1 Å². The van der Waals surface area contributed by atoms with E-state index >= 15 is 0 Å². The van der Waals surface area contributed by atoms with Crippen molar-refractivity contribution in [2.75, 3.05) is 5.73 Å². The fraction of sp³-hybridized carbons (Fsp3) is 0. The van der Waals surface area contributed by atoms with Crippen molar-refractivity contribution in [1.29, 1.82) is 0 Å². The number of H-pyrrole nitrogens is 1. The summed E-state index contributed by atoms with van der Waals surface area (Å²) in [5.74, 6) is 0.411. The zero-order valence-corrected chi connectivity index (χ0v) is 11.6. The monoisotopic (exact) mass is 294 g/mol. The van der Waals surface area contributed by atoms with Crippen LogP contribution in [0.5, 0.6) is 0 Å². The third-order valence-electron chi connectivity index (χ3n) is 3.25. The van der Waals surface area contributed by atoms with Crippen molar-refractivity contribution in [1.82, 2.24) is 25.4 Å². The summed E-state index contributed by atoms with van der Waals surface area (Å²) in [6, 6.07) is 7.68. The van der Waals surface area contributed by atoms with Gasteiger partial charge in [-0.25, -0.2) is 4.98 Å². The Morgan fingerprint density at radius 2 is 1.95 bits per heavy atom. The van der Waals surface area contributed by atoms with E-state index in [9.17, 15) is 0 Å². The molecule has 0 aliphatic rings. The molecule has 6 nitrogen and oxygen atoms in total. The van der Waals surface area contributed by atoms with Gasteiger partial charge in [0.15, 0.2) is 0 Å². The quantitative estimate of drug-likeness (QED) is 0.593. The number of benzene rings is 1. The average Bonchev–Trinajstić information content (AvgIpc) is 3.19. The highest BCUT2D eigenvalue weighted by Gasteiger charge is 2.13. The molecular formula is C14H10N6S. The minimum absolute atomic E-state index is 0.411. The maximum absolute atomic E-state index is 5.59. The number of nitrogen functional groups attached to an aromatic ring is 1. The average molecular weight is 294 g/mol. The second-order valence-corrected chi connectivity index (χ2v) is 5.38. The smallest absolute Gasteiger partial charge is 0.146 e. The van der Waals surface area contributed by atoms with Gasteiger partial charge in [0.05, 0.1) is 27.6 Å². The van der Waals surface area contributed by atoms with Gasteiger partial charge in [0.1, 0.15) is 5.82 Å². The Bertz CT molecular complexity index is 895. The van der Waals surface area contributed by atoms with E-state index in [-0.39, 0.29) is 0 Å². The molecule has 3 N–H and O–H groups in total. The number of nitrogens with one attached hydrogen (secondary N) is 1. The second kappa shape index (κ2) is 4.64. The second-order valence-electron chi connectivity index (χ2n) is 4.52. The van der Waals surface area contributed by atoms with E-state index in [1.54, 1.807) is 23.6 Å². The molecule has 0 bridgehead atoms. The van der Waals surface area contributed by atoms with Crippen LogP contribution in [0.1, 0.15) is 0 Å². The Kier molecular flexibility index (Phi) is 2.65. The summed E-state index contributed by atoms with van der Waals surface area (Å²) >= 11 is 1.58. The molecule has 21 heavy (non-hydrogen) atoms. The van der Waals surface area contributed by atoms with Gasteiger partial charge < -0.3 is 5.73 Å². The zero-order chi connectivity index (χ0) is 14.2. The van der Waals surface area contributed by atoms with E-state index in [0.29, 0.717) is 5.82 Å². The molecule has 0 aliphatic carbocycles. The number of rotatable bonds is 2. The van der Waals surface area contributed by atoms with E-state index in [0.717, 1.165) is 32.6 Å². The van der Waals surface area contributed by atoms with Gasteiger partial charge >= 0.3 is 0 Å². The minimum atomic E-state index is 0.411. The fourth-order valence-corrected chi connectivity index (χ4v) is 3.11. The van der Waals surface area contributed by atoms with Crippen LogP contribution in [0.3, 0.4) is 0 Å². The molecule has 7 heteroatoms. The molecule has 0 unspecified atom stereocenters. The zero-order valence-electron chi connectivity index (χ0n) is 10.8. The van der Waals surface area contributed by atoms with E-state index in [2.05, 4.69) is 25.4 Å². The third-order valence-corrected chi connectivity index (χ3v) is 4.11. The van der Waals surface area contributed by atoms with E-state index in [1.165, 1.54) is 0 Å². The SMILES string of the molecule is Nc1ccc(-c2ccc(-c3cn[nH]c3)c3ncsc23)nn1. The first-order valence-electron chi connectivity index (χ1n) is 6.28. The molecule has 0 atom stereocenters. The van der Waals surface area contributed by atoms with Crippen LogP contribution in [-0.2, 0) is 0 Å². The fourth-order valence-electron chi connectivity index (χ4n) is 2.27. The Balaban J connectivity index is 1.95. The molecule has 4 aromatic rings. The van der Waals surface area contributed by atoms with Crippen molar-refractivity contribution < 1.29 is 0 Å². The van der Waals surface area contributed by atoms with Crippen molar-refractivity contribution >= 4 is 27.4 Å². The van der Waals surface area contributed by atoms with Crippen LogP contribution in [-0.4, -0.2) is 25.4 Å². The summed E-state index contributed by atoms with van der Waals surface area (Å²) in [5.41, 5.74) is 12.2. The van der Waals surface area contributed by atoms with E-state index < -0.39 is 0 Å². The Hall–Kier alpha value is -2.80. The number of aromatic nitrogens is 5. The van der Waals surface area contributed by atoms with Crippen LogP contribution < -0.4 is 5.73 Å². The lowest BCUT2D eigenvalue weighted by atomic mass is 10.0. The summed E-state index contributed by atoms with van der Waals surface area (Å²) in [6.07, 6.45) is 3.65. The predicted octanol–water partition coefficient (Wildman–Crippen LogP) is 2.73. The minimum Gasteiger partial charge on any atom is -0.382 e. The molecule has 0 aliphatic heterocycles. The Morgan fingerprint density at radius 3 is 2.71 bits per heavy atom. The lowest BCUT2D eigenvalue weighted by molar-refractivity contribution is 1.05. The summed E-state index contributed by atoms with van der Waals surface area (Å²) in [5, 5.41) is 14.9. The number of thiazole rings is 1. The van der Waals surface area contributed by atoms with Gasteiger partial charge in [0.25, 0.3) is 0 Å². The lowest BCUT2D eigenvalue weighted by Gasteiger charge is -2.05. The van der Waals surface area contributed by atoms with Gasteiger partial charge in [-0.2, -0.15) is 5.10 Å². The highest BCUT2D eigenvalue weighted by Crippen LogP contribution is 2.36. The van der Waals surface area contributed by atoms with E-state index in [1.807, 2.05) is 29.9 Å². The molecule has 0 saturated heterocycles. The summed E-state index contributed by atoms with van der Waals surface area (Å²) < 4.78 is 1.08. The van der Waals surface area contributed by atoms with Gasteiger partial charge in [-0.3, -0.25) is 5.10 Å². The summed E-state index contributed by atoms with van der Waals surface area (Å²) in [6.45, 7) is 0. The van der Waals surface area contributed by atoms with Crippen LogP contribution in [0, 0.1) is 0 Å². The molecule has 0 fully saturated rings. The number of nitrogens with two attached hydrogens (primary N) is 1. The van der Waals surface area contributed by atoms with Crippen LogP contribution in [0.15, 0.2) is 42.2 Å². The molecule has 4 rings (SSSR count). The van der Waals surface area contributed by atoms with Crippen LogP contribution in [0.2, 0.25) is 0 Å². The highest BCUT2D eigenvalue weighted by molar-refractivity contribution is 7.17. The highest BCUT2D eigenvalue weighted by atomic mass is 32.1. The maximum Gasteiger partial charge on any atom is 0.146 e. The number of nitrogens with zero attached hydrogens (tertiary/aromatic N) is 4. The van der Waals surface area contributed by atoms with Gasteiger partial charge in [-0.1, -0.05) is 12.1 Å². The van der Waals surface area contributed by atoms with Crippen molar-refractivity contribution in [3.05, 3.63) is 42.2 Å². The molecule has 0 saturated carbocycles. The first-order chi connectivity index (χ1) is 10.3. The molecular weight excluding hydrogens is 284 g/mol. The number of anilines is 1. The largest absolute Gasteiger partial charge is 0.382 e. The molecule has 0 amide bonds. The first-order valence-corrected chi connectivity index (χ1v) is 7.16. The summed E-state index contributed by atoms with van der Waals surface area (Å²) in [7, 11) is 0. The Morgan fingerprint density at radius 1 is 1.05 bits per heavy atom. The number of aromatic amines is 1. The van der Waals surface area contributed by atoms with Crippen molar-refractivity contribution in [3.63, 3.8) is 0 Å². The number of hydrogen-bond acceptors (Lipinski definition) is 6. The maximum atomic E-state index is 5.59. The standard InChI is InChI=1S/C14H10N6S/c15-12-4-3-11(19-20-12)10-2-1-9(8-5-17-18-6-8)13-14(10)21-7-16-13/h1-7H,(H2,15,20)(H,17,18). The molecule has 3 aromatic heterocycles. The normalized spacial score (nSPS) is 11.0. The van der Waals surface area contributed by atoms with Gasteiger partial charge in [0, 0.05) is 22.9 Å². The Labute approximate surface area is 123 Å². The lowest BCUT2D eigenvalue weighted by Crippen LogP contribution is -1.94. The van der Waals surface area contributed by atoms with Crippen molar-refractivity contribution in [2.24, 2.45) is 0 Å². The summed E-state index contributed by atoms with van der Waals surface area (Å²) in [4.78, 5) is 4.48. The molecule has 0 spiro atoms. The topological polar surface area (TPSA) is 93.4 Å². The van der Waals surface area contributed by atoms with Crippen molar-refractivity contribution in [3.8, 4) is 22.4 Å².